The van der Waals surface area contributed by atoms with Crippen molar-refractivity contribution in [3.63, 3.8) is 0 Å². The zero-order valence-corrected chi connectivity index (χ0v) is 8.14. The molecule has 0 aliphatic carbocycles. The number of hydrogen-bond acceptors (Lipinski definition) is 3. The van der Waals surface area contributed by atoms with Crippen molar-refractivity contribution >= 4 is 30.1 Å². The Kier molecular flexibility index (Phi) is 2.88. The highest BCUT2D eigenvalue weighted by Gasteiger charge is 2.02. The van der Waals surface area contributed by atoms with Crippen LogP contribution in [0.4, 0.5) is 0 Å². The first-order valence-corrected chi connectivity index (χ1v) is 4.85. The van der Waals surface area contributed by atoms with Gasteiger partial charge in [-0.2, -0.15) is 0 Å². The molecule has 0 spiro atoms. The van der Waals surface area contributed by atoms with Crippen molar-refractivity contribution in [1.29, 1.82) is 0 Å². The third-order valence-electron chi connectivity index (χ3n) is 1.35. The molecule has 0 saturated heterocycles. The van der Waals surface area contributed by atoms with Gasteiger partial charge in [-0.3, -0.25) is 9.78 Å². The molecule has 0 amide bonds. The first-order valence-electron chi connectivity index (χ1n) is 3.22. The summed E-state index contributed by atoms with van der Waals surface area (Å²) in [5.74, 6) is 0. The standard InChI is InChI=1S/C7H8N2OS2/c1-3-4-5(10)8-7(11)9-6(4)12-2/h3H,1H2,2H3,(H2,8,9,10,11). The van der Waals surface area contributed by atoms with Gasteiger partial charge in [0.25, 0.3) is 5.56 Å². The van der Waals surface area contributed by atoms with Gasteiger partial charge in [0, 0.05) is 0 Å². The molecule has 0 fully saturated rings. The molecular weight excluding hydrogens is 192 g/mol. The number of rotatable bonds is 2. The Morgan fingerprint density at radius 2 is 2.25 bits per heavy atom. The fraction of sp³-hybridized carbons (Fsp3) is 0.143. The maximum absolute atomic E-state index is 11.2. The molecule has 0 aliphatic rings. The maximum atomic E-state index is 11.2. The molecular formula is C7H8N2OS2. The summed E-state index contributed by atoms with van der Waals surface area (Å²) in [6.07, 6.45) is 3.38. The molecule has 0 bridgehead atoms. The summed E-state index contributed by atoms with van der Waals surface area (Å²) in [7, 11) is 0. The van der Waals surface area contributed by atoms with Gasteiger partial charge in [0.05, 0.1) is 10.6 Å². The van der Waals surface area contributed by atoms with Crippen LogP contribution in [0.25, 0.3) is 6.08 Å². The fourth-order valence-corrected chi connectivity index (χ4v) is 1.68. The molecule has 0 atom stereocenters. The monoisotopic (exact) mass is 200 g/mol. The van der Waals surface area contributed by atoms with Crippen LogP contribution in [0.1, 0.15) is 5.56 Å². The van der Waals surface area contributed by atoms with E-state index in [1.807, 2.05) is 6.26 Å². The molecule has 0 aliphatic heterocycles. The highest BCUT2D eigenvalue weighted by atomic mass is 32.2. The first-order chi connectivity index (χ1) is 5.69. The zero-order chi connectivity index (χ0) is 9.14. The van der Waals surface area contributed by atoms with Gasteiger partial charge in [-0.1, -0.05) is 12.7 Å². The lowest BCUT2D eigenvalue weighted by Crippen LogP contribution is -2.12. The first kappa shape index (κ1) is 9.28. The molecule has 1 aromatic heterocycles. The van der Waals surface area contributed by atoms with Crippen LogP contribution in [0, 0.1) is 4.77 Å². The van der Waals surface area contributed by atoms with Gasteiger partial charge in [-0.25, -0.2) is 0 Å². The molecule has 1 heterocycles. The lowest BCUT2D eigenvalue weighted by Gasteiger charge is -1.99. The van der Waals surface area contributed by atoms with Gasteiger partial charge in [-0.05, 0) is 18.5 Å². The molecule has 1 aromatic rings. The van der Waals surface area contributed by atoms with Gasteiger partial charge in [0.1, 0.15) is 0 Å². The minimum atomic E-state index is -0.196. The average molecular weight is 200 g/mol. The highest BCUT2D eigenvalue weighted by molar-refractivity contribution is 7.98. The van der Waals surface area contributed by atoms with Crippen molar-refractivity contribution in [2.24, 2.45) is 0 Å². The number of aromatic nitrogens is 2. The molecule has 0 saturated carbocycles. The number of H-pyrrole nitrogens is 2. The maximum Gasteiger partial charge on any atom is 0.260 e. The van der Waals surface area contributed by atoms with Crippen LogP contribution in [0.15, 0.2) is 16.4 Å². The zero-order valence-electron chi connectivity index (χ0n) is 6.51. The largest absolute Gasteiger partial charge is 0.326 e. The number of thioether (sulfide) groups is 1. The SMILES string of the molecule is C=Cc1c(SC)[nH]c(=S)[nH]c1=O. The Bertz CT molecular complexity index is 405. The predicted molar refractivity (Wildman–Crippen MR) is 54.1 cm³/mol. The molecule has 1 rings (SSSR count). The fourth-order valence-electron chi connectivity index (χ4n) is 0.822. The Labute approximate surface area is 78.9 Å². The van der Waals surface area contributed by atoms with Crippen LogP contribution in [0.5, 0.6) is 0 Å². The summed E-state index contributed by atoms with van der Waals surface area (Å²) in [6, 6.07) is 0. The van der Waals surface area contributed by atoms with Gasteiger partial charge >= 0.3 is 0 Å². The van der Waals surface area contributed by atoms with Crippen LogP contribution in [0.2, 0.25) is 0 Å². The van der Waals surface area contributed by atoms with Gasteiger partial charge in [-0.15, -0.1) is 11.8 Å². The summed E-state index contributed by atoms with van der Waals surface area (Å²) < 4.78 is 0.343. The third kappa shape index (κ3) is 1.67. The summed E-state index contributed by atoms with van der Waals surface area (Å²) in [6.45, 7) is 3.54. The van der Waals surface area contributed by atoms with E-state index in [0.29, 0.717) is 10.3 Å². The van der Waals surface area contributed by atoms with E-state index in [0.717, 1.165) is 5.03 Å². The van der Waals surface area contributed by atoms with Gasteiger partial charge in [0.15, 0.2) is 4.77 Å². The average Bonchev–Trinajstić information content (AvgIpc) is 2.03. The van der Waals surface area contributed by atoms with E-state index in [2.05, 4.69) is 16.5 Å². The molecule has 5 heteroatoms. The Balaban J connectivity index is 3.55. The molecule has 12 heavy (non-hydrogen) atoms. The number of aromatic amines is 2. The minimum Gasteiger partial charge on any atom is -0.326 e. The van der Waals surface area contributed by atoms with Crippen LogP contribution < -0.4 is 5.56 Å². The van der Waals surface area contributed by atoms with E-state index in [9.17, 15) is 4.79 Å². The molecule has 2 N–H and O–H groups in total. The van der Waals surface area contributed by atoms with Gasteiger partial charge < -0.3 is 4.98 Å². The molecule has 0 unspecified atom stereocenters. The normalized spacial score (nSPS) is 9.75. The van der Waals surface area contributed by atoms with Crippen molar-refractivity contribution in [1.82, 2.24) is 9.97 Å². The van der Waals surface area contributed by atoms with Crippen molar-refractivity contribution in [3.05, 3.63) is 27.3 Å². The molecule has 64 valence electrons. The van der Waals surface area contributed by atoms with E-state index >= 15 is 0 Å². The topological polar surface area (TPSA) is 48.6 Å². The Morgan fingerprint density at radius 3 is 2.75 bits per heavy atom. The summed E-state index contributed by atoms with van der Waals surface area (Å²) in [4.78, 5) is 16.6. The molecule has 0 radical (unpaired) electrons. The van der Waals surface area contributed by atoms with E-state index in [1.54, 1.807) is 0 Å². The minimum absolute atomic E-state index is 0.196. The highest BCUT2D eigenvalue weighted by Crippen LogP contribution is 2.13. The van der Waals surface area contributed by atoms with E-state index in [-0.39, 0.29) is 5.56 Å². The van der Waals surface area contributed by atoms with Crippen LogP contribution in [-0.2, 0) is 0 Å². The van der Waals surface area contributed by atoms with Crippen molar-refractivity contribution in [2.45, 2.75) is 5.03 Å². The Morgan fingerprint density at radius 1 is 1.58 bits per heavy atom. The van der Waals surface area contributed by atoms with E-state index in [1.165, 1.54) is 17.8 Å². The van der Waals surface area contributed by atoms with Crippen molar-refractivity contribution < 1.29 is 0 Å². The molecule has 0 aromatic carbocycles. The second-order valence-corrected chi connectivity index (χ2v) is 3.28. The summed E-state index contributed by atoms with van der Waals surface area (Å²) in [5, 5.41) is 0.749. The van der Waals surface area contributed by atoms with Crippen LogP contribution in [0.3, 0.4) is 0 Å². The third-order valence-corrected chi connectivity index (χ3v) is 2.29. The lowest BCUT2D eigenvalue weighted by molar-refractivity contribution is 0.981. The lowest BCUT2D eigenvalue weighted by atomic mass is 10.3. The number of hydrogen-bond donors (Lipinski definition) is 2. The van der Waals surface area contributed by atoms with Gasteiger partial charge in [0.2, 0.25) is 0 Å². The van der Waals surface area contributed by atoms with Crippen molar-refractivity contribution in [3.8, 4) is 0 Å². The summed E-state index contributed by atoms with van der Waals surface area (Å²) >= 11 is 6.24. The predicted octanol–water partition coefficient (Wildman–Crippen LogP) is 1.80. The smallest absolute Gasteiger partial charge is 0.260 e. The second-order valence-electron chi connectivity index (χ2n) is 2.06. The quantitative estimate of drug-likeness (QED) is 0.435. The summed E-state index contributed by atoms with van der Waals surface area (Å²) in [5.41, 5.74) is 0.342. The second kappa shape index (κ2) is 3.73. The Hall–Kier alpha value is -0.810. The van der Waals surface area contributed by atoms with Crippen LogP contribution >= 0.6 is 24.0 Å². The van der Waals surface area contributed by atoms with Crippen LogP contribution in [-0.4, -0.2) is 16.2 Å². The van der Waals surface area contributed by atoms with E-state index < -0.39 is 0 Å². The number of nitrogens with one attached hydrogen (secondary N) is 2. The van der Waals surface area contributed by atoms with E-state index in [4.69, 9.17) is 12.2 Å². The molecule has 3 nitrogen and oxygen atoms in total. The van der Waals surface area contributed by atoms with Crippen molar-refractivity contribution in [2.75, 3.05) is 6.26 Å².